The van der Waals surface area contributed by atoms with Crippen LogP contribution < -0.4 is 9.62 Å². The zero-order valence-corrected chi connectivity index (χ0v) is 18.1. The lowest BCUT2D eigenvalue weighted by atomic mass is 10.2. The van der Waals surface area contributed by atoms with Gasteiger partial charge < -0.3 is 9.32 Å². The third-order valence-electron chi connectivity index (χ3n) is 5.47. The Labute approximate surface area is 175 Å². The third kappa shape index (κ3) is 3.66. The lowest BCUT2D eigenvalue weighted by Gasteiger charge is -2.26. The van der Waals surface area contributed by atoms with Crippen LogP contribution in [-0.2, 0) is 26.5 Å². The fourth-order valence-electron chi connectivity index (χ4n) is 3.82. The number of anilines is 1. The Kier molecular flexibility index (Phi) is 5.47. The van der Waals surface area contributed by atoms with Gasteiger partial charge >= 0.3 is 0 Å². The van der Waals surface area contributed by atoms with Gasteiger partial charge in [0, 0.05) is 25.3 Å². The SMILES string of the molecule is CNS(=O)(=O)c1ccc(C(=O)N2CCc3cc(S(=O)(=O)N4CCCCC4)ccc32)o1. The number of nitrogens with zero attached hydrogens (tertiary/aromatic N) is 2. The molecule has 0 spiro atoms. The summed E-state index contributed by atoms with van der Waals surface area (Å²) in [6.45, 7) is 1.41. The summed E-state index contributed by atoms with van der Waals surface area (Å²) >= 11 is 0. The number of carbonyl (C=O) groups excluding carboxylic acids is 1. The summed E-state index contributed by atoms with van der Waals surface area (Å²) in [6.07, 6.45) is 3.27. The van der Waals surface area contributed by atoms with Gasteiger partial charge in [-0.3, -0.25) is 4.79 Å². The highest BCUT2D eigenvalue weighted by Gasteiger charge is 2.32. The Morgan fingerprint density at radius 2 is 1.73 bits per heavy atom. The fourth-order valence-corrected chi connectivity index (χ4v) is 6.03. The number of amides is 1. The molecule has 30 heavy (non-hydrogen) atoms. The van der Waals surface area contributed by atoms with Crippen molar-refractivity contribution < 1.29 is 26.0 Å². The summed E-state index contributed by atoms with van der Waals surface area (Å²) in [5, 5.41) is -0.337. The van der Waals surface area contributed by atoms with Crippen molar-refractivity contribution in [1.82, 2.24) is 9.03 Å². The minimum Gasteiger partial charge on any atom is -0.438 e. The Morgan fingerprint density at radius 1 is 1.00 bits per heavy atom. The number of hydrogen-bond donors (Lipinski definition) is 1. The topological polar surface area (TPSA) is 117 Å². The van der Waals surface area contributed by atoms with E-state index in [4.69, 9.17) is 4.42 Å². The van der Waals surface area contributed by atoms with Gasteiger partial charge in [-0.2, -0.15) is 4.31 Å². The number of hydrogen-bond acceptors (Lipinski definition) is 6. The molecule has 3 heterocycles. The van der Waals surface area contributed by atoms with Crippen LogP contribution >= 0.6 is 0 Å². The first-order valence-electron chi connectivity index (χ1n) is 9.72. The normalized spacial score (nSPS) is 17.8. The van der Waals surface area contributed by atoms with E-state index in [0.29, 0.717) is 31.7 Å². The zero-order chi connectivity index (χ0) is 21.5. The van der Waals surface area contributed by atoms with Crippen LogP contribution in [0.3, 0.4) is 0 Å². The number of fused-ring (bicyclic) bond motifs is 1. The van der Waals surface area contributed by atoms with Gasteiger partial charge in [-0.25, -0.2) is 21.6 Å². The Morgan fingerprint density at radius 3 is 2.43 bits per heavy atom. The van der Waals surface area contributed by atoms with Crippen molar-refractivity contribution in [3.05, 3.63) is 41.7 Å². The molecule has 0 aliphatic carbocycles. The molecule has 0 radical (unpaired) electrons. The second-order valence-corrected chi connectivity index (χ2v) is 11.0. The number of benzene rings is 1. The molecule has 2 aromatic rings. The van der Waals surface area contributed by atoms with Crippen molar-refractivity contribution in [3.8, 4) is 0 Å². The second kappa shape index (κ2) is 7.80. The minimum absolute atomic E-state index is 0.0957. The van der Waals surface area contributed by atoms with Crippen molar-refractivity contribution in [2.24, 2.45) is 0 Å². The maximum absolute atomic E-state index is 12.9. The molecule has 1 fully saturated rings. The van der Waals surface area contributed by atoms with Crippen LogP contribution in [0.5, 0.6) is 0 Å². The molecule has 1 amide bonds. The van der Waals surface area contributed by atoms with E-state index in [2.05, 4.69) is 4.72 Å². The van der Waals surface area contributed by atoms with E-state index in [9.17, 15) is 21.6 Å². The standard InChI is InChI=1S/C19H23N3O6S2/c1-20-29(24,25)18-8-7-17(28-18)19(23)22-12-9-14-13-15(5-6-16(14)22)30(26,27)21-10-3-2-4-11-21/h5-8,13,20H,2-4,9-12H2,1H3. The summed E-state index contributed by atoms with van der Waals surface area (Å²) in [5.74, 6) is -0.570. The number of furan rings is 1. The Hall–Kier alpha value is -2.21. The number of piperidine rings is 1. The molecular weight excluding hydrogens is 430 g/mol. The molecule has 162 valence electrons. The smallest absolute Gasteiger partial charge is 0.294 e. The first-order valence-corrected chi connectivity index (χ1v) is 12.6. The molecule has 0 saturated carbocycles. The van der Waals surface area contributed by atoms with Crippen molar-refractivity contribution >= 4 is 31.6 Å². The highest BCUT2D eigenvalue weighted by atomic mass is 32.2. The number of sulfonamides is 2. The van der Waals surface area contributed by atoms with Gasteiger partial charge in [0.25, 0.3) is 15.9 Å². The van der Waals surface area contributed by atoms with Crippen LogP contribution in [0.15, 0.2) is 44.7 Å². The van der Waals surface area contributed by atoms with Crippen LogP contribution in [0.4, 0.5) is 5.69 Å². The van der Waals surface area contributed by atoms with E-state index in [1.54, 1.807) is 12.1 Å². The third-order valence-corrected chi connectivity index (χ3v) is 8.65. The second-order valence-electron chi connectivity index (χ2n) is 7.29. The summed E-state index contributed by atoms with van der Waals surface area (Å²) in [5.41, 5.74) is 1.36. The van der Waals surface area contributed by atoms with Crippen molar-refractivity contribution in [1.29, 1.82) is 0 Å². The number of nitrogens with one attached hydrogen (secondary N) is 1. The lowest BCUT2D eigenvalue weighted by Crippen LogP contribution is -2.35. The van der Waals surface area contributed by atoms with Gasteiger partial charge in [0.2, 0.25) is 15.1 Å². The largest absolute Gasteiger partial charge is 0.438 e. The maximum atomic E-state index is 12.9. The molecule has 0 unspecified atom stereocenters. The molecule has 1 saturated heterocycles. The molecule has 0 bridgehead atoms. The quantitative estimate of drug-likeness (QED) is 0.734. The van der Waals surface area contributed by atoms with Gasteiger partial charge in [0.1, 0.15) is 0 Å². The van der Waals surface area contributed by atoms with E-state index in [0.717, 1.165) is 24.8 Å². The Balaban J connectivity index is 1.59. The van der Waals surface area contributed by atoms with Crippen LogP contribution in [-0.4, -0.2) is 53.7 Å². The average molecular weight is 454 g/mol. The van der Waals surface area contributed by atoms with E-state index in [-0.39, 0.29) is 15.7 Å². The number of rotatable bonds is 5. The molecule has 9 nitrogen and oxygen atoms in total. The molecule has 4 rings (SSSR count). The summed E-state index contributed by atoms with van der Waals surface area (Å²) in [4.78, 5) is 14.6. The molecule has 11 heteroatoms. The molecule has 2 aliphatic heterocycles. The zero-order valence-electron chi connectivity index (χ0n) is 16.5. The van der Waals surface area contributed by atoms with Gasteiger partial charge in [-0.15, -0.1) is 0 Å². The van der Waals surface area contributed by atoms with Gasteiger partial charge in [0.05, 0.1) is 4.90 Å². The number of carbonyl (C=O) groups is 1. The van der Waals surface area contributed by atoms with E-state index in [1.807, 2.05) is 0 Å². The highest BCUT2D eigenvalue weighted by molar-refractivity contribution is 7.89. The van der Waals surface area contributed by atoms with Gasteiger partial charge in [-0.05, 0) is 62.2 Å². The predicted octanol–water partition coefficient (Wildman–Crippen LogP) is 1.57. The van der Waals surface area contributed by atoms with Crippen molar-refractivity contribution in [3.63, 3.8) is 0 Å². The first-order chi connectivity index (χ1) is 14.2. The van der Waals surface area contributed by atoms with Crippen molar-refractivity contribution in [2.75, 3.05) is 31.6 Å². The lowest BCUT2D eigenvalue weighted by molar-refractivity contribution is 0.0957. The van der Waals surface area contributed by atoms with Crippen LogP contribution in [0.2, 0.25) is 0 Å². The summed E-state index contributed by atoms with van der Waals surface area (Å²) in [7, 11) is -6.08. The monoisotopic (exact) mass is 453 g/mol. The summed E-state index contributed by atoms with van der Waals surface area (Å²) in [6, 6.07) is 7.33. The first kappa shape index (κ1) is 21.0. The molecular formula is C19H23N3O6S2. The van der Waals surface area contributed by atoms with E-state index >= 15 is 0 Å². The van der Waals surface area contributed by atoms with Crippen molar-refractivity contribution in [2.45, 2.75) is 35.7 Å². The van der Waals surface area contributed by atoms with E-state index in [1.165, 1.54) is 34.5 Å². The maximum Gasteiger partial charge on any atom is 0.294 e. The minimum atomic E-state index is -3.79. The molecule has 2 aliphatic rings. The average Bonchev–Trinajstić information content (AvgIpc) is 3.41. The Bertz CT molecular complexity index is 1180. The van der Waals surface area contributed by atoms with Crippen LogP contribution in [0.1, 0.15) is 35.4 Å². The molecule has 1 N–H and O–H groups in total. The molecule has 0 atom stereocenters. The van der Waals surface area contributed by atoms with Gasteiger partial charge in [-0.1, -0.05) is 6.42 Å². The van der Waals surface area contributed by atoms with E-state index < -0.39 is 26.0 Å². The molecule has 1 aromatic carbocycles. The van der Waals surface area contributed by atoms with Crippen LogP contribution in [0, 0.1) is 0 Å². The predicted molar refractivity (Wildman–Crippen MR) is 109 cm³/mol. The van der Waals surface area contributed by atoms with Crippen LogP contribution in [0.25, 0.3) is 0 Å². The van der Waals surface area contributed by atoms with Gasteiger partial charge in [0.15, 0.2) is 5.76 Å². The fraction of sp³-hybridized carbons (Fsp3) is 0.421. The molecule has 1 aromatic heterocycles. The highest BCUT2D eigenvalue weighted by Crippen LogP contribution is 2.33. The summed E-state index contributed by atoms with van der Waals surface area (Å²) < 4.78 is 58.4.